The molecular formula is C22H33N3O7. The van der Waals surface area contributed by atoms with E-state index in [9.17, 15) is 14.7 Å². The van der Waals surface area contributed by atoms with E-state index < -0.39 is 0 Å². The zero-order valence-electron chi connectivity index (χ0n) is 18.2. The average molecular weight is 452 g/mol. The molecule has 4 rings (SSSR count). The van der Waals surface area contributed by atoms with Gasteiger partial charge in [0.1, 0.15) is 0 Å². The molecule has 10 heteroatoms. The van der Waals surface area contributed by atoms with E-state index in [4.69, 9.17) is 19.8 Å². The number of hydrogen-bond acceptors (Lipinski definition) is 6. The van der Waals surface area contributed by atoms with Crippen molar-refractivity contribution in [1.29, 1.82) is 0 Å². The van der Waals surface area contributed by atoms with Gasteiger partial charge in [-0.3, -0.25) is 24.1 Å². The van der Waals surface area contributed by atoms with E-state index in [2.05, 4.69) is 9.88 Å². The highest BCUT2D eigenvalue weighted by Crippen LogP contribution is 2.43. The topological polar surface area (TPSA) is 151 Å². The SMILES string of the molecule is O=C(c1ccc(=O)[nH]c1)N1CC[C@@]2(CO)CCCN(CC3CCC3)[C@@H]2C1.O=CO.O=CO. The molecule has 1 aliphatic carbocycles. The van der Waals surface area contributed by atoms with Crippen molar-refractivity contribution < 1.29 is 29.7 Å². The Labute approximate surface area is 186 Å². The molecule has 10 nitrogen and oxygen atoms in total. The van der Waals surface area contributed by atoms with E-state index in [-0.39, 0.29) is 42.5 Å². The Bertz CT molecular complexity index is 784. The lowest BCUT2D eigenvalue weighted by Crippen LogP contribution is -2.64. The highest BCUT2D eigenvalue weighted by atomic mass is 16.3. The maximum atomic E-state index is 12.9. The Balaban J connectivity index is 0.000000547. The molecule has 0 radical (unpaired) electrons. The predicted molar refractivity (Wildman–Crippen MR) is 116 cm³/mol. The number of nitrogens with one attached hydrogen (secondary N) is 1. The molecule has 32 heavy (non-hydrogen) atoms. The third-order valence-electron chi connectivity index (χ3n) is 6.89. The van der Waals surface area contributed by atoms with Gasteiger partial charge in [-0.05, 0) is 50.6 Å². The second-order valence-electron chi connectivity index (χ2n) is 8.59. The second kappa shape index (κ2) is 12.4. The number of fused-ring (bicyclic) bond motifs is 1. The minimum Gasteiger partial charge on any atom is -0.483 e. The third-order valence-corrected chi connectivity index (χ3v) is 6.89. The van der Waals surface area contributed by atoms with Gasteiger partial charge in [-0.25, -0.2) is 0 Å². The van der Waals surface area contributed by atoms with Crippen molar-refractivity contribution in [3.63, 3.8) is 0 Å². The lowest BCUT2D eigenvalue weighted by atomic mass is 9.68. The van der Waals surface area contributed by atoms with Crippen molar-refractivity contribution >= 4 is 18.9 Å². The number of aliphatic hydroxyl groups is 1. The van der Waals surface area contributed by atoms with Crippen molar-refractivity contribution in [2.75, 3.05) is 32.8 Å². The van der Waals surface area contributed by atoms with Crippen LogP contribution in [0.4, 0.5) is 0 Å². The summed E-state index contributed by atoms with van der Waals surface area (Å²) in [6.07, 6.45) is 8.51. The second-order valence-corrected chi connectivity index (χ2v) is 8.59. The van der Waals surface area contributed by atoms with Crippen LogP contribution in [-0.4, -0.2) is 87.8 Å². The van der Waals surface area contributed by atoms with Crippen LogP contribution in [0.3, 0.4) is 0 Å². The quantitative estimate of drug-likeness (QED) is 0.492. The van der Waals surface area contributed by atoms with Gasteiger partial charge in [-0.1, -0.05) is 6.42 Å². The third kappa shape index (κ3) is 6.17. The summed E-state index contributed by atoms with van der Waals surface area (Å²) in [4.78, 5) is 47.9. The van der Waals surface area contributed by atoms with E-state index >= 15 is 0 Å². The number of hydrogen-bond donors (Lipinski definition) is 4. The van der Waals surface area contributed by atoms with Gasteiger partial charge in [-0.2, -0.15) is 0 Å². The molecule has 2 saturated heterocycles. The van der Waals surface area contributed by atoms with Crippen molar-refractivity contribution in [3.8, 4) is 0 Å². The molecule has 178 valence electrons. The van der Waals surface area contributed by atoms with E-state index in [0.29, 0.717) is 18.7 Å². The summed E-state index contributed by atoms with van der Waals surface area (Å²) in [5.74, 6) is 0.761. The van der Waals surface area contributed by atoms with Crippen molar-refractivity contribution in [1.82, 2.24) is 14.8 Å². The number of H-pyrrole nitrogens is 1. The fourth-order valence-electron chi connectivity index (χ4n) is 5.00. The van der Waals surface area contributed by atoms with Gasteiger partial charge in [0.05, 0.1) is 12.2 Å². The number of aromatic nitrogens is 1. The molecule has 1 aromatic heterocycles. The standard InChI is InChI=1S/C20H29N3O3.2CH2O2/c24-14-20-7-2-9-22(12-15-3-1-4-15)17(20)13-23(10-8-20)19(26)16-5-6-18(25)21-11-16;2*2-1-3/h5-6,11,15,17,24H,1-4,7-10,12-14H2,(H,21,25);2*1H,(H,2,3)/t17-,20-;;/m1../s1. The van der Waals surface area contributed by atoms with Gasteiger partial charge in [0.25, 0.3) is 18.9 Å². The molecule has 0 unspecified atom stereocenters. The Hall–Kier alpha value is -2.72. The molecule has 3 fully saturated rings. The number of amides is 1. The predicted octanol–water partition coefficient (Wildman–Crippen LogP) is 0.866. The van der Waals surface area contributed by atoms with Crippen LogP contribution in [0.1, 0.15) is 48.9 Å². The van der Waals surface area contributed by atoms with Gasteiger partial charge in [0.2, 0.25) is 5.56 Å². The van der Waals surface area contributed by atoms with Gasteiger partial charge >= 0.3 is 0 Å². The zero-order valence-corrected chi connectivity index (χ0v) is 18.2. The van der Waals surface area contributed by atoms with Crippen molar-refractivity contribution in [2.45, 2.75) is 44.6 Å². The first-order chi connectivity index (χ1) is 15.4. The fourth-order valence-corrected chi connectivity index (χ4v) is 5.00. The Kier molecular flexibility index (Phi) is 9.86. The Morgan fingerprint density at radius 3 is 2.34 bits per heavy atom. The van der Waals surface area contributed by atoms with Crippen LogP contribution in [0.5, 0.6) is 0 Å². The number of carbonyl (C=O) groups excluding carboxylic acids is 1. The summed E-state index contributed by atoms with van der Waals surface area (Å²) in [6, 6.07) is 3.24. The molecule has 3 heterocycles. The van der Waals surface area contributed by atoms with E-state index in [0.717, 1.165) is 38.3 Å². The number of piperidine rings is 2. The molecule has 2 aliphatic heterocycles. The average Bonchev–Trinajstić information content (AvgIpc) is 2.77. The summed E-state index contributed by atoms with van der Waals surface area (Å²) in [7, 11) is 0. The number of aliphatic hydroxyl groups excluding tert-OH is 1. The molecule has 0 bridgehead atoms. The van der Waals surface area contributed by atoms with Crippen LogP contribution in [0, 0.1) is 11.3 Å². The van der Waals surface area contributed by atoms with Gasteiger partial charge in [0, 0.05) is 43.4 Å². The number of nitrogens with zero attached hydrogens (tertiary/aromatic N) is 2. The van der Waals surface area contributed by atoms with Crippen molar-refractivity contribution in [3.05, 3.63) is 34.2 Å². The van der Waals surface area contributed by atoms with Crippen molar-refractivity contribution in [2.24, 2.45) is 11.3 Å². The minimum atomic E-state index is -0.250. The Morgan fingerprint density at radius 1 is 1.12 bits per heavy atom. The highest BCUT2D eigenvalue weighted by Gasteiger charge is 2.48. The smallest absolute Gasteiger partial charge is 0.290 e. The monoisotopic (exact) mass is 451 g/mol. The molecule has 2 atom stereocenters. The summed E-state index contributed by atoms with van der Waals surface area (Å²) >= 11 is 0. The van der Waals surface area contributed by atoms with E-state index in [1.54, 1.807) is 6.07 Å². The molecule has 0 aromatic carbocycles. The van der Waals surface area contributed by atoms with Crippen LogP contribution >= 0.6 is 0 Å². The maximum Gasteiger partial charge on any atom is 0.290 e. The van der Waals surface area contributed by atoms with Crippen LogP contribution in [0.2, 0.25) is 0 Å². The van der Waals surface area contributed by atoms with Gasteiger partial charge in [0.15, 0.2) is 0 Å². The number of carbonyl (C=O) groups is 3. The van der Waals surface area contributed by atoms with Crippen LogP contribution in [-0.2, 0) is 9.59 Å². The molecular weight excluding hydrogens is 418 g/mol. The lowest BCUT2D eigenvalue weighted by molar-refractivity contribution is -0.123. The maximum absolute atomic E-state index is 12.9. The van der Waals surface area contributed by atoms with Crippen LogP contribution in [0.15, 0.2) is 23.1 Å². The summed E-state index contributed by atoms with van der Waals surface area (Å²) in [6.45, 7) is 3.23. The summed E-state index contributed by atoms with van der Waals surface area (Å²) < 4.78 is 0. The molecule has 1 amide bonds. The van der Waals surface area contributed by atoms with Crippen LogP contribution in [0.25, 0.3) is 0 Å². The summed E-state index contributed by atoms with van der Waals surface area (Å²) in [5.41, 5.74) is 0.268. The Morgan fingerprint density at radius 2 is 1.81 bits per heavy atom. The first-order valence-electron chi connectivity index (χ1n) is 10.9. The number of likely N-dealkylation sites (tertiary alicyclic amines) is 2. The summed E-state index contributed by atoms with van der Waals surface area (Å²) in [5, 5.41) is 24.0. The minimum absolute atomic E-state index is 0.0260. The molecule has 4 N–H and O–H groups in total. The van der Waals surface area contributed by atoms with Gasteiger partial charge < -0.3 is 25.2 Å². The molecule has 0 spiro atoms. The number of carboxylic acid groups (broad SMARTS) is 2. The van der Waals surface area contributed by atoms with E-state index in [1.807, 2.05) is 4.90 Å². The molecule has 1 aromatic rings. The number of aromatic amines is 1. The first-order valence-corrected chi connectivity index (χ1v) is 10.9. The normalized spacial score (nSPS) is 25.0. The molecule has 3 aliphatic rings. The highest BCUT2D eigenvalue weighted by molar-refractivity contribution is 5.94. The largest absolute Gasteiger partial charge is 0.483 e. The lowest BCUT2D eigenvalue weighted by Gasteiger charge is -2.55. The number of rotatable bonds is 4. The first kappa shape index (κ1) is 25.5. The number of pyridine rings is 1. The van der Waals surface area contributed by atoms with E-state index in [1.165, 1.54) is 31.5 Å². The molecule has 1 saturated carbocycles. The fraction of sp³-hybridized carbons (Fsp3) is 0.636. The zero-order chi connectivity index (χ0) is 23.6. The van der Waals surface area contributed by atoms with Crippen LogP contribution < -0.4 is 5.56 Å². The van der Waals surface area contributed by atoms with Gasteiger partial charge in [-0.15, -0.1) is 0 Å².